The summed E-state index contributed by atoms with van der Waals surface area (Å²) in [5.41, 5.74) is -0.309. The monoisotopic (exact) mass is 806 g/mol. The first kappa shape index (κ1) is 33.5. The first-order valence-corrected chi connectivity index (χ1v) is 12.5. The summed E-state index contributed by atoms with van der Waals surface area (Å²) in [5.74, 6) is -4.16. The smallest absolute Gasteiger partial charge is 0.394 e. The molecule has 0 amide bonds. The van der Waals surface area contributed by atoms with Crippen LogP contribution in [0.15, 0.2) is 55.3 Å². The maximum Gasteiger partial charge on any atom is 0.394 e. The van der Waals surface area contributed by atoms with Gasteiger partial charge in [0.15, 0.2) is 0 Å². The molecule has 1 aromatic carbocycles. The molecule has 6 rings (SSSR count). The molecule has 0 fully saturated rings. The minimum atomic E-state index is -4.41. The standard InChI is InChI=1S/C15H14F3N4.C14H6F4N4.Ir/c1-19-3-5-21(10-19)13-7-12(15(16,17)18)8-14(9-13)22-6-4-20(2)11-22;1-22-6-9(7-2-4-10(15)20-12(7)17)19-14(22)8-3-5-11(16)21-13(8)18;/h3-8,10-11H,1-2H3;4-6H,1H3;/q-3;-2;. The topological polar surface area (TPSA) is 56.6 Å². The van der Waals surface area contributed by atoms with Gasteiger partial charge in [-0.15, -0.1) is 41.7 Å². The predicted octanol–water partition coefficient (Wildman–Crippen LogP) is 5.89. The summed E-state index contributed by atoms with van der Waals surface area (Å²) < 4.78 is 93.7. The van der Waals surface area contributed by atoms with E-state index in [9.17, 15) is 30.7 Å². The zero-order chi connectivity index (χ0) is 31.8. The van der Waals surface area contributed by atoms with Crippen LogP contribution in [0.4, 0.5) is 42.1 Å². The number of aromatic nitrogens is 4. The molecule has 0 bridgehead atoms. The number of aryl methyl sites for hydroxylation is 1. The first-order chi connectivity index (χ1) is 20.8. The number of alkyl halides is 3. The van der Waals surface area contributed by atoms with Crippen LogP contribution in [0, 0.1) is 55.3 Å². The van der Waals surface area contributed by atoms with Gasteiger partial charge >= 0.3 is 6.18 Å². The summed E-state index contributed by atoms with van der Waals surface area (Å²) in [4.78, 5) is 16.8. The fraction of sp³-hybridized carbons (Fsp3) is 0.138. The van der Waals surface area contributed by atoms with E-state index in [2.05, 4.69) is 33.2 Å². The molecule has 0 N–H and O–H groups in total. The molecule has 0 unspecified atom stereocenters. The number of hydrogen-bond donors (Lipinski definition) is 0. The van der Waals surface area contributed by atoms with Crippen LogP contribution in [0.3, 0.4) is 0 Å². The molecule has 8 nitrogen and oxygen atoms in total. The SMILES string of the molecule is CN1C=CN(c2[c-]c(N3C=CN(C)[CH-]3)cc(C(F)(F)F)c2)[CH-]1.Cn1cc(-c2[c-]cc(F)nc2F)nc1-c1[c-]cc(F)nc1F.[Ir]. The molecule has 0 saturated heterocycles. The zero-order valence-electron chi connectivity index (χ0n) is 23.4. The maximum atomic E-state index is 13.7. The molecule has 45 heavy (non-hydrogen) atoms. The second kappa shape index (κ2) is 13.3. The van der Waals surface area contributed by atoms with Gasteiger partial charge in [-0.3, -0.25) is 9.97 Å². The molecule has 0 aliphatic carbocycles. The third-order valence-electron chi connectivity index (χ3n) is 6.11. The Morgan fingerprint density at radius 3 is 1.62 bits per heavy atom. The van der Waals surface area contributed by atoms with E-state index in [1.807, 2.05) is 0 Å². The van der Waals surface area contributed by atoms with E-state index < -0.39 is 35.5 Å². The molecule has 4 aromatic rings. The predicted molar refractivity (Wildman–Crippen MR) is 145 cm³/mol. The van der Waals surface area contributed by atoms with Gasteiger partial charge in [-0.1, -0.05) is 28.8 Å². The Balaban J connectivity index is 0.000000200. The summed E-state index contributed by atoms with van der Waals surface area (Å²) in [6.07, 6.45) is 3.84. The van der Waals surface area contributed by atoms with Crippen LogP contribution in [0.2, 0.25) is 0 Å². The quantitative estimate of drug-likeness (QED) is 0.145. The van der Waals surface area contributed by atoms with Crippen molar-refractivity contribution in [2.45, 2.75) is 6.18 Å². The Morgan fingerprint density at radius 2 is 1.20 bits per heavy atom. The second-order valence-electron chi connectivity index (χ2n) is 9.45. The average molecular weight is 806 g/mol. The fourth-order valence-corrected chi connectivity index (χ4v) is 4.07. The second-order valence-corrected chi connectivity index (χ2v) is 9.45. The number of benzene rings is 1. The van der Waals surface area contributed by atoms with E-state index in [1.54, 1.807) is 71.8 Å². The molecule has 1 radical (unpaired) electrons. The molecule has 0 saturated carbocycles. The molecule has 0 spiro atoms. The van der Waals surface area contributed by atoms with Crippen molar-refractivity contribution in [2.24, 2.45) is 7.05 Å². The number of imidazole rings is 1. The fourth-order valence-electron chi connectivity index (χ4n) is 4.07. The third-order valence-corrected chi connectivity index (χ3v) is 6.11. The van der Waals surface area contributed by atoms with Gasteiger partial charge in [-0.05, 0) is 50.8 Å². The number of nitrogens with zero attached hydrogens (tertiary/aromatic N) is 8. The Kier molecular flexibility index (Phi) is 9.88. The molecule has 2 aliphatic heterocycles. The van der Waals surface area contributed by atoms with Gasteiger partial charge in [0, 0.05) is 33.0 Å². The molecule has 0 atom stereocenters. The van der Waals surface area contributed by atoms with Gasteiger partial charge in [-0.2, -0.15) is 26.5 Å². The van der Waals surface area contributed by atoms with Crippen molar-refractivity contribution in [3.8, 4) is 22.6 Å². The summed E-state index contributed by atoms with van der Waals surface area (Å²) in [6.45, 7) is 3.37. The molecule has 16 heteroatoms. The van der Waals surface area contributed by atoms with E-state index >= 15 is 0 Å². The van der Waals surface area contributed by atoms with Gasteiger partial charge < -0.3 is 29.2 Å². The van der Waals surface area contributed by atoms with Gasteiger partial charge in [0.25, 0.3) is 0 Å². The molecule has 5 heterocycles. The molecule has 239 valence electrons. The van der Waals surface area contributed by atoms with Crippen LogP contribution in [-0.2, 0) is 33.3 Å². The summed E-state index contributed by atoms with van der Waals surface area (Å²) >= 11 is 0. The average Bonchev–Trinajstić information content (AvgIpc) is 3.68. The van der Waals surface area contributed by atoms with Crippen LogP contribution >= 0.6 is 0 Å². The van der Waals surface area contributed by atoms with E-state index in [1.165, 1.54) is 17.8 Å². The van der Waals surface area contributed by atoms with Crippen LogP contribution in [0.5, 0.6) is 0 Å². The molecular formula is C29H20F7IrN8-5. The Morgan fingerprint density at radius 1 is 0.711 bits per heavy atom. The van der Waals surface area contributed by atoms with Crippen LogP contribution in [0.1, 0.15) is 5.56 Å². The number of pyridine rings is 2. The van der Waals surface area contributed by atoms with E-state index in [4.69, 9.17) is 0 Å². The largest absolute Gasteiger partial charge is 0.510 e. The Hall–Kier alpha value is -4.43. The summed E-state index contributed by atoms with van der Waals surface area (Å²) in [7, 11) is 5.13. The summed E-state index contributed by atoms with van der Waals surface area (Å²) in [5, 5.41) is 0. The van der Waals surface area contributed by atoms with Crippen molar-refractivity contribution in [3.63, 3.8) is 0 Å². The first-order valence-electron chi connectivity index (χ1n) is 12.5. The van der Waals surface area contributed by atoms with Crippen molar-refractivity contribution < 1.29 is 50.8 Å². The van der Waals surface area contributed by atoms with E-state index in [0.29, 0.717) is 11.4 Å². The zero-order valence-corrected chi connectivity index (χ0v) is 25.8. The maximum absolute atomic E-state index is 13.7. The van der Waals surface area contributed by atoms with Crippen LogP contribution in [-0.4, -0.2) is 43.4 Å². The normalized spacial score (nSPS) is 14.2. The molecular weight excluding hydrogens is 786 g/mol. The van der Waals surface area contributed by atoms with E-state index in [-0.39, 0.29) is 42.8 Å². The van der Waals surface area contributed by atoms with Crippen molar-refractivity contribution in [1.29, 1.82) is 0 Å². The number of anilines is 2. The van der Waals surface area contributed by atoms with Crippen molar-refractivity contribution in [3.05, 3.63) is 116 Å². The molecule has 2 aliphatic rings. The van der Waals surface area contributed by atoms with Crippen molar-refractivity contribution in [2.75, 3.05) is 23.9 Å². The van der Waals surface area contributed by atoms with Gasteiger partial charge in [0.1, 0.15) is 23.8 Å². The third kappa shape index (κ3) is 7.63. The van der Waals surface area contributed by atoms with Gasteiger partial charge in [-0.25, -0.2) is 17.6 Å². The van der Waals surface area contributed by atoms with Gasteiger partial charge in [0.05, 0.1) is 0 Å². The molecule has 3 aromatic heterocycles. The van der Waals surface area contributed by atoms with Crippen LogP contribution in [0.25, 0.3) is 22.6 Å². The minimum Gasteiger partial charge on any atom is -0.510 e. The Bertz CT molecular complexity index is 1700. The van der Waals surface area contributed by atoms with Crippen molar-refractivity contribution >= 4 is 11.4 Å². The number of hydrogen-bond acceptors (Lipinski definition) is 7. The van der Waals surface area contributed by atoms with E-state index in [0.717, 1.165) is 24.3 Å². The number of halogens is 7. The van der Waals surface area contributed by atoms with Gasteiger partial charge in [0.2, 0.25) is 0 Å². The number of rotatable bonds is 4. The van der Waals surface area contributed by atoms with Crippen molar-refractivity contribution in [1.82, 2.24) is 29.3 Å². The van der Waals surface area contributed by atoms with Crippen LogP contribution < -0.4 is 9.80 Å². The summed E-state index contributed by atoms with van der Waals surface area (Å²) in [6, 6.07) is 11.7. The Labute approximate surface area is 267 Å². The minimum absolute atomic E-state index is 0.